The lowest BCUT2D eigenvalue weighted by atomic mass is 9.55. The summed E-state index contributed by atoms with van der Waals surface area (Å²) >= 11 is 0. The molecule has 3 aliphatic carbocycles. The Balaban J connectivity index is 2.08. The number of hydrogen-bond acceptors (Lipinski definition) is 2. The maximum absolute atomic E-state index is 10.2. The molecule has 0 unspecified atom stereocenters. The van der Waals surface area contributed by atoms with E-state index < -0.39 is 16.4 Å². The lowest BCUT2D eigenvalue weighted by molar-refractivity contribution is -0.00180. The van der Waals surface area contributed by atoms with E-state index in [2.05, 4.69) is 71.0 Å². The second kappa shape index (κ2) is 5.29. The molecule has 3 saturated carbocycles. The highest BCUT2D eigenvalue weighted by Gasteiger charge is 2.83. The second-order valence-corrected chi connectivity index (χ2v) is 21.3. The number of hydrogen-bond donors (Lipinski definition) is 0. The van der Waals surface area contributed by atoms with Gasteiger partial charge < -0.3 is 4.43 Å². The van der Waals surface area contributed by atoms with E-state index in [4.69, 9.17) is 4.43 Å². The summed E-state index contributed by atoms with van der Waals surface area (Å²) in [5.74, 6) is 0.651. The third-order valence-electron chi connectivity index (χ3n) is 8.30. The minimum absolute atomic E-state index is 0.00279. The van der Waals surface area contributed by atoms with Crippen LogP contribution in [0, 0.1) is 39.4 Å². The van der Waals surface area contributed by atoms with Gasteiger partial charge in [0.2, 0.25) is 0 Å². The second-order valence-electron chi connectivity index (χ2n) is 12.2. The summed E-state index contributed by atoms with van der Waals surface area (Å²) in [6.07, 6.45) is 6.71. The summed E-state index contributed by atoms with van der Waals surface area (Å²) in [6.45, 7) is 21.4. The Kier molecular flexibility index (Phi) is 3.85. The molecule has 0 radical (unpaired) electrons. The number of fused-ring (bicyclic) bond motifs is 1. The molecule has 5 atom stereocenters. The van der Waals surface area contributed by atoms with Crippen LogP contribution in [0.1, 0.15) is 39.5 Å². The van der Waals surface area contributed by atoms with Crippen molar-refractivity contribution in [2.75, 3.05) is 0 Å². The van der Waals surface area contributed by atoms with Gasteiger partial charge in [-0.25, -0.2) is 0 Å². The minimum atomic E-state index is -1.78. The highest BCUT2D eigenvalue weighted by Crippen LogP contribution is 2.84. The highest BCUT2D eigenvalue weighted by atomic mass is 28.4. The molecule has 1 heterocycles. The highest BCUT2D eigenvalue weighted by molar-refractivity contribution is 6.81. The minimum Gasteiger partial charge on any atom is -0.411 e. The van der Waals surface area contributed by atoms with Gasteiger partial charge in [-0.05, 0) is 56.2 Å². The summed E-state index contributed by atoms with van der Waals surface area (Å²) in [5, 5.41) is 10.2. The average molecular weight is 400 g/mol. The van der Waals surface area contributed by atoms with Gasteiger partial charge in [-0.3, -0.25) is 0 Å². The quantitative estimate of drug-likeness (QED) is 0.403. The monoisotopic (exact) mass is 399 g/mol. The number of nitrogens with zero attached hydrogens (tertiary/aromatic N) is 1. The van der Waals surface area contributed by atoms with Gasteiger partial charge in [-0.15, -0.1) is 6.58 Å². The van der Waals surface area contributed by atoms with Crippen LogP contribution in [-0.2, 0) is 4.43 Å². The van der Waals surface area contributed by atoms with Crippen molar-refractivity contribution in [1.29, 1.82) is 5.26 Å². The molecule has 148 valence electrons. The molecule has 1 aliphatic heterocycles. The topological polar surface area (TPSA) is 33.0 Å². The number of nitriles is 1. The smallest absolute Gasteiger partial charge is 0.188 e. The fraction of sp³-hybridized carbons (Fsp3) is 0.783. The van der Waals surface area contributed by atoms with Crippen molar-refractivity contribution in [3.8, 4) is 6.07 Å². The molecule has 0 aromatic heterocycles. The lowest BCUT2D eigenvalue weighted by Gasteiger charge is -2.49. The molecule has 27 heavy (non-hydrogen) atoms. The summed E-state index contributed by atoms with van der Waals surface area (Å²) in [7, 11) is -3.21. The lowest BCUT2D eigenvalue weighted by Crippen LogP contribution is -2.49. The van der Waals surface area contributed by atoms with Crippen molar-refractivity contribution in [2.24, 2.45) is 28.1 Å². The van der Waals surface area contributed by atoms with Crippen molar-refractivity contribution in [2.45, 2.75) is 83.9 Å². The van der Waals surface area contributed by atoms with Gasteiger partial charge in [-0.1, -0.05) is 50.8 Å². The van der Waals surface area contributed by atoms with Gasteiger partial charge in [-0.2, -0.15) is 5.26 Å². The van der Waals surface area contributed by atoms with Crippen LogP contribution in [0.2, 0.25) is 38.8 Å². The van der Waals surface area contributed by atoms with E-state index in [-0.39, 0.29) is 27.8 Å². The van der Waals surface area contributed by atoms with Crippen LogP contribution >= 0.6 is 0 Å². The molecular weight excluding hydrogens is 362 g/mol. The first-order chi connectivity index (χ1) is 12.3. The fourth-order valence-corrected chi connectivity index (χ4v) is 13.3. The predicted molar refractivity (Wildman–Crippen MR) is 117 cm³/mol. The first kappa shape index (κ1) is 19.7. The van der Waals surface area contributed by atoms with Crippen LogP contribution < -0.4 is 0 Å². The molecule has 0 bridgehead atoms. The van der Waals surface area contributed by atoms with Crippen molar-refractivity contribution < 1.29 is 4.43 Å². The van der Waals surface area contributed by atoms with Gasteiger partial charge in [0.1, 0.15) is 0 Å². The van der Waals surface area contributed by atoms with Crippen LogP contribution in [0.15, 0.2) is 23.9 Å². The predicted octanol–water partition coefficient (Wildman–Crippen LogP) is 6.31. The Morgan fingerprint density at radius 3 is 2.48 bits per heavy atom. The van der Waals surface area contributed by atoms with E-state index in [1.165, 1.54) is 12.5 Å². The Labute approximate surface area is 168 Å². The van der Waals surface area contributed by atoms with Gasteiger partial charge in [0, 0.05) is 10.8 Å². The molecule has 0 N–H and O–H groups in total. The van der Waals surface area contributed by atoms with Gasteiger partial charge in [0.15, 0.2) is 8.32 Å². The van der Waals surface area contributed by atoms with E-state index in [1.54, 1.807) is 5.57 Å². The molecule has 4 heteroatoms. The van der Waals surface area contributed by atoms with E-state index in [1.807, 2.05) is 0 Å². The SMILES string of the molecule is C=C[C@]12[C@H](CC[C@@H]1C#N)C[C@@]13CC(C)(C)/C(=C\[Si](C)(C)C)[C@@]12C[Si](C)(C)O3. The molecular formula is C23H37NOSi2. The third-order valence-corrected chi connectivity index (χ3v) is 11.8. The van der Waals surface area contributed by atoms with Crippen LogP contribution in [0.5, 0.6) is 0 Å². The van der Waals surface area contributed by atoms with Crippen LogP contribution in [0.3, 0.4) is 0 Å². The summed E-state index contributed by atoms with van der Waals surface area (Å²) in [6, 6.07) is 3.92. The molecule has 0 aromatic rings. The summed E-state index contributed by atoms with van der Waals surface area (Å²) in [4.78, 5) is 0. The molecule has 2 nitrogen and oxygen atoms in total. The maximum atomic E-state index is 10.2. The average Bonchev–Trinajstić information content (AvgIpc) is 3.06. The Hall–Kier alpha value is -0.636. The van der Waals surface area contributed by atoms with Crippen molar-refractivity contribution in [1.82, 2.24) is 0 Å². The van der Waals surface area contributed by atoms with Crippen molar-refractivity contribution in [3.63, 3.8) is 0 Å². The molecule has 4 rings (SSSR count). The molecule has 0 amide bonds. The van der Waals surface area contributed by atoms with Gasteiger partial charge in [0.05, 0.1) is 25.7 Å². The first-order valence-corrected chi connectivity index (χ1v) is 17.5. The first-order valence-electron chi connectivity index (χ1n) is 10.8. The van der Waals surface area contributed by atoms with E-state index in [0.29, 0.717) is 5.92 Å². The zero-order valence-electron chi connectivity index (χ0n) is 18.4. The summed E-state index contributed by atoms with van der Waals surface area (Å²) < 4.78 is 7.17. The standard InChI is InChI=1S/C23H37NOSi2/c1-9-22-17(10-11-18(22)13-24)12-21-15-20(2,3)19(14-26(4,5)6)23(21,22)16-27(7,8)25-21/h9,14,17-18H,1,10-12,15-16H2,2-8H3/b19-14+/t17-,18-,21-,22+,23+/m1/s1. The van der Waals surface area contributed by atoms with Crippen LogP contribution in [0.25, 0.3) is 0 Å². The van der Waals surface area contributed by atoms with Gasteiger partial charge in [0.25, 0.3) is 0 Å². The number of rotatable bonds is 2. The molecule has 0 spiro atoms. The van der Waals surface area contributed by atoms with Crippen LogP contribution in [-0.4, -0.2) is 22.0 Å². The Bertz CT molecular complexity index is 770. The number of allylic oxidation sites excluding steroid dienone is 1. The Morgan fingerprint density at radius 2 is 1.93 bits per heavy atom. The normalized spacial score (nSPS) is 48.1. The zero-order chi connectivity index (χ0) is 20.1. The van der Waals surface area contributed by atoms with Crippen LogP contribution in [0.4, 0.5) is 0 Å². The molecule has 4 fully saturated rings. The molecule has 0 aromatic carbocycles. The zero-order valence-corrected chi connectivity index (χ0v) is 20.4. The molecule has 1 saturated heterocycles. The largest absolute Gasteiger partial charge is 0.411 e. The third kappa shape index (κ3) is 2.20. The van der Waals surface area contributed by atoms with Gasteiger partial charge >= 0.3 is 0 Å². The van der Waals surface area contributed by atoms with E-state index >= 15 is 0 Å². The van der Waals surface area contributed by atoms with E-state index in [9.17, 15) is 5.26 Å². The molecule has 4 aliphatic rings. The van der Waals surface area contributed by atoms with Crippen molar-refractivity contribution in [3.05, 3.63) is 23.9 Å². The maximum Gasteiger partial charge on any atom is 0.188 e. The van der Waals surface area contributed by atoms with Crippen molar-refractivity contribution >= 4 is 16.4 Å². The summed E-state index contributed by atoms with van der Waals surface area (Å²) in [5.41, 5.74) is 4.34. The van der Waals surface area contributed by atoms with E-state index in [0.717, 1.165) is 19.3 Å². The Morgan fingerprint density at radius 1 is 1.26 bits per heavy atom. The fourth-order valence-electron chi connectivity index (χ4n) is 8.29.